The number of rotatable bonds is 8. The van der Waals surface area contributed by atoms with E-state index in [4.69, 9.17) is 0 Å². The van der Waals surface area contributed by atoms with Crippen LogP contribution in [0, 0.1) is 0 Å². The van der Waals surface area contributed by atoms with Gasteiger partial charge in [0.1, 0.15) is 0 Å². The van der Waals surface area contributed by atoms with E-state index in [0.717, 1.165) is 55.0 Å². The van der Waals surface area contributed by atoms with Gasteiger partial charge in [0.15, 0.2) is 16.8 Å². The number of carbonyl (C=O) groups excluding carboxylic acids is 2. The fourth-order valence-electron chi connectivity index (χ4n) is 4.44. The molecule has 1 amide bonds. The summed E-state index contributed by atoms with van der Waals surface area (Å²) in [5, 5.41) is 9.62. The molecule has 0 saturated carbocycles. The summed E-state index contributed by atoms with van der Waals surface area (Å²) < 4.78 is 2.07. The number of benzene rings is 2. The molecule has 0 radical (unpaired) electrons. The van der Waals surface area contributed by atoms with Crippen LogP contribution < -0.4 is 4.90 Å². The maximum atomic E-state index is 12.9. The van der Waals surface area contributed by atoms with Gasteiger partial charge in [0.2, 0.25) is 5.91 Å². The average molecular weight is 462 g/mol. The summed E-state index contributed by atoms with van der Waals surface area (Å²) in [6, 6.07) is 17.4. The van der Waals surface area contributed by atoms with E-state index in [1.165, 1.54) is 24.6 Å². The summed E-state index contributed by atoms with van der Waals surface area (Å²) in [5.74, 6) is 1.35. The molecule has 0 unspecified atom stereocenters. The molecule has 0 bridgehead atoms. The number of thioether (sulfide) groups is 1. The Kier molecular flexibility index (Phi) is 6.55. The normalized spacial score (nSPS) is 16.6. The second-order valence-electron chi connectivity index (χ2n) is 8.46. The Bertz CT molecular complexity index is 1120. The SMILES string of the molecule is O=C(CSc1nnc(CN2CCCC2)n1-c1ccccc1)c1ccc(N2CCCC2=O)cc1. The molecule has 2 aromatic carbocycles. The first-order valence-electron chi connectivity index (χ1n) is 11.5. The van der Waals surface area contributed by atoms with Crippen LogP contribution in [0.15, 0.2) is 59.8 Å². The third-order valence-electron chi connectivity index (χ3n) is 6.19. The Morgan fingerprint density at radius 1 is 0.879 bits per heavy atom. The lowest BCUT2D eigenvalue weighted by Crippen LogP contribution is -2.23. The molecule has 170 valence electrons. The fraction of sp³-hybridized carbons (Fsp3) is 0.360. The van der Waals surface area contributed by atoms with Crippen LogP contribution in [-0.4, -0.2) is 56.7 Å². The van der Waals surface area contributed by atoms with E-state index in [1.807, 2.05) is 54.6 Å². The lowest BCUT2D eigenvalue weighted by molar-refractivity contribution is -0.117. The van der Waals surface area contributed by atoms with E-state index in [-0.39, 0.29) is 17.4 Å². The Morgan fingerprint density at radius 2 is 1.64 bits per heavy atom. The maximum Gasteiger partial charge on any atom is 0.227 e. The number of anilines is 1. The zero-order chi connectivity index (χ0) is 22.6. The Labute approximate surface area is 197 Å². The highest BCUT2D eigenvalue weighted by Crippen LogP contribution is 2.26. The smallest absolute Gasteiger partial charge is 0.227 e. The minimum atomic E-state index is 0.0306. The third kappa shape index (κ3) is 4.86. The van der Waals surface area contributed by atoms with E-state index in [9.17, 15) is 9.59 Å². The summed E-state index contributed by atoms with van der Waals surface area (Å²) >= 11 is 1.41. The van der Waals surface area contributed by atoms with Crippen molar-refractivity contribution in [3.63, 3.8) is 0 Å². The number of aromatic nitrogens is 3. The van der Waals surface area contributed by atoms with Crippen molar-refractivity contribution < 1.29 is 9.59 Å². The zero-order valence-corrected chi connectivity index (χ0v) is 19.3. The van der Waals surface area contributed by atoms with Gasteiger partial charge in [-0.25, -0.2) is 0 Å². The average Bonchev–Trinajstić information content (AvgIpc) is 3.60. The van der Waals surface area contributed by atoms with E-state index in [2.05, 4.69) is 19.7 Å². The molecule has 5 rings (SSSR count). The number of amides is 1. The third-order valence-corrected chi connectivity index (χ3v) is 7.11. The Hall–Kier alpha value is -2.97. The van der Waals surface area contributed by atoms with E-state index < -0.39 is 0 Å². The van der Waals surface area contributed by atoms with Crippen LogP contribution in [-0.2, 0) is 11.3 Å². The number of Topliss-reactive ketones (excluding diaryl/α,β-unsaturated/α-hetero) is 1. The van der Waals surface area contributed by atoms with Crippen molar-refractivity contribution in [2.24, 2.45) is 0 Å². The molecular formula is C25H27N5O2S. The van der Waals surface area contributed by atoms with Gasteiger partial charge >= 0.3 is 0 Å². The molecule has 33 heavy (non-hydrogen) atoms. The molecule has 0 atom stereocenters. The van der Waals surface area contributed by atoms with Crippen molar-refractivity contribution in [1.29, 1.82) is 0 Å². The van der Waals surface area contributed by atoms with Crippen molar-refractivity contribution in [3.05, 3.63) is 66.0 Å². The van der Waals surface area contributed by atoms with Crippen molar-refractivity contribution in [3.8, 4) is 5.69 Å². The monoisotopic (exact) mass is 461 g/mol. The summed E-state index contributed by atoms with van der Waals surface area (Å²) in [4.78, 5) is 29.0. The van der Waals surface area contributed by atoms with Crippen molar-refractivity contribution in [2.45, 2.75) is 37.4 Å². The predicted octanol–water partition coefficient (Wildman–Crippen LogP) is 3.96. The van der Waals surface area contributed by atoms with Crippen LogP contribution in [0.5, 0.6) is 0 Å². The lowest BCUT2D eigenvalue weighted by Gasteiger charge is -2.16. The largest absolute Gasteiger partial charge is 0.312 e. The second kappa shape index (κ2) is 9.89. The minimum Gasteiger partial charge on any atom is -0.312 e. The van der Waals surface area contributed by atoms with Gasteiger partial charge in [0, 0.05) is 29.9 Å². The molecule has 7 nitrogen and oxygen atoms in total. The summed E-state index contributed by atoms with van der Waals surface area (Å²) in [6.07, 6.45) is 3.93. The molecule has 0 spiro atoms. The van der Waals surface area contributed by atoms with Gasteiger partial charge in [-0.05, 0) is 68.8 Å². The molecule has 2 aliphatic rings. The minimum absolute atomic E-state index is 0.0306. The van der Waals surface area contributed by atoms with Gasteiger partial charge in [-0.15, -0.1) is 10.2 Å². The van der Waals surface area contributed by atoms with Crippen LogP contribution in [0.4, 0.5) is 5.69 Å². The number of ketones is 1. The molecule has 1 aromatic heterocycles. The summed E-state index contributed by atoms with van der Waals surface area (Å²) in [7, 11) is 0. The number of likely N-dealkylation sites (tertiary alicyclic amines) is 1. The van der Waals surface area contributed by atoms with Gasteiger partial charge in [0.05, 0.1) is 12.3 Å². The van der Waals surface area contributed by atoms with Crippen LogP contribution in [0.3, 0.4) is 0 Å². The van der Waals surface area contributed by atoms with Crippen LogP contribution in [0.1, 0.15) is 41.9 Å². The van der Waals surface area contributed by atoms with Crippen LogP contribution >= 0.6 is 11.8 Å². The maximum absolute atomic E-state index is 12.9. The quantitative estimate of drug-likeness (QED) is 0.374. The first kappa shape index (κ1) is 21.9. The first-order valence-corrected chi connectivity index (χ1v) is 12.5. The lowest BCUT2D eigenvalue weighted by atomic mass is 10.1. The number of hydrogen-bond acceptors (Lipinski definition) is 6. The molecule has 0 aliphatic carbocycles. The fourth-order valence-corrected chi connectivity index (χ4v) is 5.30. The van der Waals surface area contributed by atoms with E-state index >= 15 is 0 Å². The predicted molar refractivity (Wildman–Crippen MR) is 129 cm³/mol. The van der Waals surface area contributed by atoms with Crippen molar-refractivity contribution in [2.75, 3.05) is 30.3 Å². The highest BCUT2D eigenvalue weighted by atomic mass is 32.2. The molecule has 2 saturated heterocycles. The molecule has 0 N–H and O–H groups in total. The van der Waals surface area contributed by atoms with Gasteiger partial charge < -0.3 is 4.90 Å². The van der Waals surface area contributed by atoms with Crippen LogP contribution in [0.2, 0.25) is 0 Å². The summed E-state index contributed by atoms with van der Waals surface area (Å²) in [5.41, 5.74) is 2.50. The number of carbonyl (C=O) groups is 2. The highest BCUT2D eigenvalue weighted by molar-refractivity contribution is 7.99. The Balaban J connectivity index is 1.30. The number of nitrogens with zero attached hydrogens (tertiary/aromatic N) is 5. The van der Waals surface area contributed by atoms with Gasteiger partial charge in [-0.3, -0.25) is 19.1 Å². The molecular weight excluding hydrogens is 434 g/mol. The van der Waals surface area contributed by atoms with Crippen molar-refractivity contribution >= 4 is 29.1 Å². The van der Waals surface area contributed by atoms with Crippen molar-refractivity contribution in [1.82, 2.24) is 19.7 Å². The highest BCUT2D eigenvalue weighted by Gasteiger charge is 2.22. The molecule has 3 aromatic rings. The topological polar surface area (TPSA) is 71.3 Å². The first-order chi connectivity index (χ1) is 16.2. The molecule has 2 fully saturated rings. The van der Waals surface area contributed by atoms with Crippen LogP contribution in [0.25, 0.3) is 5.69 Å². The number of hydrogen-bond donors (Lipinski definition) is 0. The van der Waals surface area contributed by atoms with Gasteiger partial charge in [-0.2, -0.15) is 0 Å². The van der Waals surface area contributed by atoms with E-state index in [1.54, 1.807) is 4.90 Å². The molecule has 2 aliphatic heterocycles. The van der Waals surface area contributed by atoms with Gasteiger partial charge in [-0.1, -0.05) is 30.0 Å². The van der Waals surface area contributed by atoms with Gasteiger partial charge in [0.25, 0.3) is 0 Å². The second-order valence-corrected chi connectivity index (χ2v) is 9.40. The molecule has 8 heteroatoms. The molecule has 3 heterocycles. The van der Waals surface area contributed by atoms with E-state index in [0.29, 0.717) is 12.0 Å². The zero-order valence-electron chi connectivity index (χ0n) is 18.5. The standard InChI is InChI=1S/C25H27N5O2S/c31-22(19-10-12-20(13-11-19)29-16-6-9-24(29)32)18-33-25-27-26-23(17-28-14-4-5-15-28)30(25)21-7-2-1-3-8-21/h1-3,7-8,10-13H,4-6,9,14-18H2. The summed E-state index contributed by atoms with van der Waals surface area (Å²) in [6.45, 7) is 3.67. The Morgan fingerprint density at radius 3 is 2.33 bits per heavy atom. The number of para-hydroxylation sites is 1.